The van der Waals surface area contributed by atoms with E-state index in [-0.39, 0.29) is 23.7 Å². The van der Waals surface area contributed by atoms with Crippen LogP contribution in [0.3, 0.4) is 0 Å². The van der Waals surface area contributed by atoms with Gasteiger partial charge in [-0.1, -0.05) is 35.9 Å². The number of esters is 1. The molecule has 1 N–H and O–H groups in total. The number of aromatic nitrogens is 3. The third-order valence-corrected chi connectivity index (χ3v) is 4.10. The largest absolute Gasteiger partial charge is 0.453 e. The molecule has 2 aromatic carbocycles. The maximum Gasteiger partial charge on any atom is 0.357 e. The Morgan fingerprint density at radius 2 is 1.88 bits per heavy atom. The Morgan fingerprint density at radius 3 is 2.77 bits per heavy atom. The number of aromatic amines is 1. The Kier molecular flexibility index (Phi) is 4.10. The van der Waals surface area contributed by atoms with E-state index in [0.717, 1.165) is 5.39 Å². The van der Waals surface area contributed by atoms with E-state index >= 15 is 0 Å². The number of hydrogen-bond donors (Lipinski definition) is 1. The molecule has 0 bridgehead atoms. The average Bonchev–Trinajstić information content (AvgIpc) is 2.65. The van der Waals surface area contributed by atoms with Crippen LogP contribution in [0.2, 0.25) is 5.02 Å². The smallest absolute Gasteiger partial charge is 0.357 e. The Bertz CT molecular complexity index is 1200. The third kappa shape index (κ3) is 3.14. The number of nitrogens with one attached hydrogen (secondary N) is 1. The van der Waals surface area contributed by atoms with Crippen molar-refractivity contribution in [3.05, 3.63) is 81.5 Å². The van der Waals surface area contributed by atoms with Gasteiger partial charge in [-0.05, 0) is 30.3 Å². The van der Waals surface area contributed by atoms with Gasteiger partial charge in [0.15, 0.2) is 0 Å². The normalized spacial score (nSPS) is 11.0. The summed E-state index contributed by atoms with van der Waals surface area (Å²) in [5, 5.41) is 1.82. The van der Waals surface area contributed by atoms with Crippen LogP contribution in [0.5, 0.6) is 0 Å². The molecule has 0 radical (unpaired) electrons. The van der Waals surface area contributed by atoms with Crippen LogP contribution < -0.4 is 5.56 Å². The first-order valence-electron chi connectivity index (χ1n) is 7.81. The SMILES string of the molecule is O=C(OCc1nc2cc(Cl)ccc2c(=O)[nH]1)c1ccc2ccccc2n1. The van der Waals surface area contributed by atoms with Gasteiger partial charge in [0.25, 0.3) is 5.56 Å². The molecule has 0 unspecified atom stereocenters. The Hall–Kier alpha value is -3.25. The monoisotopic (exact) mass is 365 g/mol. The minimum atomic E-state index is -0.593. The van der Waals surface area contributed by atoms with Crippen LogP contribution in [0.4, 0.5) is 0 Å². The summed E-state index contributed by atoms with van der Waals surface area (Å²) >= 11 is 5.93. The zero-order valence-corrected chi connectivity index (χ0v) is 14.2. The molecule has 2 heterocycles. The van der Waals surface area contributed by atoms with Gasteiger partial charge >= 0.3 is 5.97 Å². The first kappa shape index (κ1) is 16.2. The van der Waals surface area contributed by atoms with Gasteiger partial charge in [-0.3, -0.25) is 4.79 Å². The van der Waals surface area contributed by atoms with E-state index in [1.165, 1.54) is 0 Å². The van der Waals surface area contributed by atoms with Crippen molar-refractivity contribution >= 4 is 39.4 Å². The number of halogens is 1. The van der Waals surface area contributed by atoms with Crippen LogP contribution in [0.25, 0.3) is 21.8 Å². The van der Waals surface area contributed by atoms with Crippen LogP contribution >= 0.6 is 11.6 Å². The Morgan fingerprint density at radius 1 is 1.04 bits per heavy atom. The number of para-hydroxylation sites is 1. The number of ether oxygens (including phenoxy) is 1. The predicted molar refractivity (Wildman–Crippen MR) is 98.2 cm³/mol. The van der Waals surface area contributed by atoms with Crippen LogP contribution in [0, 0.1) is 0 Å². The van der Waals surface area contributed by atoms with Gasteiger partial charge < -0.3 is 9.72 Å². The van der Waals surface area contributed by atoms with Gasteiger partial charge in [0.1, 0.15) is 18.1 Å². The summed E-state index contributed by atoms with van der Waals surface area (Å²) in [6, 6.07) is 15.7. The Balaban J connectivity index is 1.57. The van der Waals surface area contributed by atoms with Crippen molar-refractivity contribution in [2.24, 2.45) is 0 Å². The van der Waals surface area contributed by atoms with Gasteiger partial charge in [0, 0.05) is 10.4 Å². The zero-order valence-electron chi connectivity index (χ0n) is 13.4. The number of fused-ring (bicyclic) bond motifs is 2. The first-order chi connectivity index (χ1) is 12.6. The Labute approximate surface area is 152 Å². The lowest BCUT2D eigenvalue weighted by Crippen LogP contribution is -2.15. The van der Waals surface area contributed by atoms with Crippen molar-refractivity contribution in [2.45, 2.75) is 6.61 Å². The second kappa shape index (κ2) is 6.57. The fourth-order valence-electron chi connectivity index (χ4n) is 2.62. The van der Waals surface area contributed by atoms with Crippen molar-refractivity contribution in [2.75, 3.05) is 0 Å². The lowest BCUT2D eigenvalue weighted by Gasteiger charge is -2.06. The molecule has 0 fully saturated rings. The molecule has 0 aliphatic carbocycles. The van der Waals surface area contributed by atoms with Gasteiger partial charge in [-0.2, -0.15) is 0 Å². The highest BCUT2D eigenvalue weighted by atomic mass is 35.5. The van der Waals surface area contributed by atoms with Gasteiger partial charge in [0.05, 0.1) is 16.4 Å². The van der Waals surface area contributed by atoms with Gasteiger partial charge in [-0.25, -0.2) is 14.8 Å². The number of nitrogens with zero attached hydrogens (tertiary/aromatic N) is 2. The highest BCUT2D eigenvalue weighted by molar-refractivity contribution is 6.31. The fraction of sp³-hybridized carbons (Fsp3) is 0.0526. The minimum Gasteiger partial charge on any atom is -0.453 e. The summed E-state index contributed by atoms with van der Waals surface area (Å²) in [5.74, 6) is -0.358. The third-order valence-electron chi connectivity index (χ3n) is 3.87. The van der Waals surface area contributed by atoms with Gasteiger partial charge in [-0.15, -0.1) is 0 Å². The molecule has 2 aromatic heterocycles. The number of rotatable bonds is 3. The van der Waals surface area contributed by atoms with Crippen LogP contribution in [-0.2, 0) is 11.3 Å². The summed E-state index contributed by atoms with van der Waals surface area (Å²) in [4.78, 5) is 35.5. The lowest BCUT2D eigenvalue weighted by molar-refractivity contribution is 0.0456. The first-order valence-corrected chi connectivity index (χ1v) is 8.19. The summed E-state index contributed by atoms with van der Waals surface area (Å²) < 4.78 is 5.23. The van der Waals surface area contributed by atoms with E-state index in [0.29, 0.717) is 21.4 Å². The molecule has 0 saturated heterocycles. The topological polar surface area (TPSA) is 84.9 Å². The van der Waals surface area contributed by atoms with Crippen molar-refractivity contribution in [3.8, 4) is 0 Å². The highest BCUT2D eigenvalue weighted by Gasteiger charge is 2.12. The van der Waals surface area contributed by atoms with E-state index in [9.17, 15) is 9.59 Å². The van der Waals surface area contributed by atoms with E-state index in [1.807, 2.05) is 24.3 Å². The zero-order chi connectivity index (χ0) is 18.1. The maximum absolute atomic E-state index is 12.2. The molecule has 4 rings (SSSR count). The minimum absolute atomic E-state index is 0.176. The van der Waals surface area contributed by atoms with E-state index < -0.39 is 5.97 Å². The maximum atomic E-state index is 12.2. The molecule has 0 aliphatic heterocycles. The summed E-state index contributed by atoms with van der Waals surface area (Å²) in [6.45, 7) is -0.176. The molecule has 0 saturated carbocycles. The molecule has 128 valence electrons. The molecule has 26 heavy (non-hydrogen) atoms. The number of H-pyrrole nitrogens is 1. The molecule has 0 amide bonds. The molecule has 6 nitrogen and oxygen atoms in total. The van der Waals surface area contributed by atoms with Crippen molar-refractivity contribution in [3.63, 3.8) is 0 Å². The molecule has 0 aliphatic rings. The van der Waals surface area contributed by atoms with Crippen molar-refractivity contribution in [1.82, 2.24) is 15.0 Å². The number of benzene rings is 2. The molecule has 0 atom stereocenters. The molecule has 4 aromatic rings. The van der Waals surface area contributed by atoms with Crippen molar-refractivity contribution < 1.29 is 9.53 Å². The van der Waals surface area contributed by atoms with E-state index in [2.05, 4.69) is 15.0 Å². The van der Waals surface area contributed by atoms with Crippen LogP contribution in [-0.4, -0.2) is 20.9 Å². The molecule has 0 spiro atoms. The second-order valence-electron chi connectivity index (χ2n) is 5.64. The van der Waals surface area contributed by atoms with Crippen LogP contribution in [0.1, 0.15) is 16.3 Å². The predicted octanol–water partition coefficient (Wildman–Crippen LogP) is 3.48. The van der Waals surface area contributed by atoms with E-state index in [1.54, 1.807) is 30.3 Å². The summed E-state index contributed by atoms with van der Waals surface area (Å²) in [6.07, 6.45) is 0. The number of hydrogen-bond acceptors (Lipinski definition) is 5. The molecular formula is C19H12ClN3O3. The number of carbonyl (C=O) groups is 1. The summed E-state index contributed by atoms with van der Waals surface area (Å²) in [5.41, 5.74) is 1.02. The second-order valence-corrected chi connectivity index (χ2v) is 6.08. The molecular weight excluding hydrogens is 354 g/mol. The van der Waals surface area contributed by atoms with Crippen LogP contribution in [0.15, 0.2) is 59.4 Å². The number of carbonyl (C=O) groups excluding carboxylic acids is 1. The standard InChI is InChI=1S/C19H12ClN3O3/c20-12-6-7-13-16(9-12)22-17(23-18(13)24)10-26-19(25)15-8-5-11-3-1-2-4-14(11)21-15/h1-9H,10H2,(H,22,23,24). The molecule has 7 heteroatoms. The fourth-order valence-corrected chi connectivity index (χ4v) is 2.78. The van der Waals surface area contributed by atoms with E-state index in [4.69, 9.17) is 16.3 Å². The van der Waals surface area contributed by atoms with Gasteiger partial charge in [0.2, 0.25) is 0 Å². The quantitative estimate of drug-likeness (QED) is 0.562. The average molecular weight is 366 g/mol. The summed E-state index contributed by atoms with van der Waals surface area (Å²) in [7, 11) is 0. The van der Waals surface area contributed by atoms with Crippen molar-refractivity contribution in [1.29, 1.82) is 0 Å². The lowest BCUT2D eigenvalue weighted by atomic mass is 10.2. The number of pyridine rings is 1. The highest BCUT2D eigenvalue weighted by Crippen LogP contribution is 2.15.